The molecule has 4 rings (SSSR count). The molecule has 32 heavy (non-hydrogen) atoms. The number of aromatic nitrogens is 1. The maximum atomic E-state index is 12.8. The summed E-state index contributed by atoms with van der Waals surface area (Å²) >= 11 is 5.91. The molecular weight excluding hydrogens is 424 g/mol. The van der Waals surface area contributed by atoms with Crippen molar-refractivity contribution in [3.63, 3.8) is 0 Å². The molecule has 0 unspecified atom stereocenters. The molecule has 0 aliphatic rings. The molecule has 3 aromatic carbocycles. The van der Waals surface area contributed by atoms with Gasteiger partial charge in [0.15, 0.2) is 11.2 Å². The monoisotopic (exact) mass is 448 g/mol. The first-order chi connectivity index (χ1) is 15.2. The van der Waals surface area contributed by atoms with Gasteiger partial charge in [-0.15, -0.1) is 0 Å². The number of carbonyl (C=O) groups is 1. The van der Waals surface area contributed by atoms with Crippen LogP contribution in [0.15, 0.2) is 71.1 Å². The van der Waals surface area contributed by atoms with Crippen LogP contribution in [0, 0.1) is 0 Å². The Labute approximate surface area is 192 Å². The van der Waals surface area contributed by atoms with Crippen LogP contribution in [0.1, 0.15) is 39.2 Å². The number of halogens is 1. The molecular formula is C26H25ClN2O3. The summed E-state index contributed by atoms with van der Waals surface area (Å²) in [7, 11) is 0. The van der Waals surface area contributed by atoms with Gasteiger partial charge in [-0.2, -0.15) is 0 Å². The highest BCUT2D eigenvalue weighted by Gasteiger charge is 2.30. The summed E-state index contributed by atoms with van der Waals surface area (Å²) in [6.45, 7) is 7.73. The fourth-order valence-corrected chi connectivity index (χ4v) is 3.37. The average molecular weight is 449 g/mol. The van der Waals surface area contributed by atoms with Crippen molar-refractivity contribution in [2.45, 2.75) is 39.2 Å². The van der Waals surface area contributed by atoms with Crippen molar-refractivity contribution in [3.8, 4) is 17.2 Å². The largest absolute Gasteiger partial charge is 0.478 e. The lowest BCUT2D eigenvalue weighted by Gasteiger charge is -2.25. The van der Waals surface area contributed by atoms with Gasteiger partial charge in [0.1, 0.15) is 11.3 Å². The minimum absolute atomic E-state index is 0.261. The highest BCUT2D eigenvalue weighted by atomic mass is 35.5. The number of carbonyl (C=O) groups excluding carboxylic acids is 1. The number of rotatable bonds is 6. The summed E-state index contributed by atoms with van der Waals surface area (Å²) in [5.74, 6) is 1.28. The van der Waals surface area contributed by atoms with Gasteiger partial charge in [-0.25, -0.2) is 4.98 Å². The summed E-state index contributed by atoms with van der Waals surface area (Å²) in [5, 5.41) is 3.51. The molecule has 1 heterocycles. The third-order valence-electron chi connectivity index (χ3n) is 5.20. The first-order valence-corrected chi connectivity index (χ1v) is 10.9. The van der Waals surface area contributed by atoms with E-state index in [2.05, 4.69) is 36.3 Å². The van der Waals surface area contributed by atoms with Crippen molar-refractivity contribution >= 4 is 34.3 Å². The minimum Gasteiger partial charge on any atom is -0.478 e. The Morgan fingerprint density at radius 3 is 2.38 bits per heavy atom. The number of fused-ring (bicyclic) bond motifs is 1. The topological polar surface area (TPSA) is 64.4 Å². The van der Waals surface area contributed by atoms with Gasteiger partial charge in [-0.1, -0.05) is 31.5 Å². The Balaban J connectivity index is 1.46. The van der Waals surface area contributed by atoms with Crippen LogP contribution in [0.4, 0.5) is 5.69 Å². The van der Waals surface area contributed by atoms with Crippen LogP contribution in [0.3, 0.4) is 0 Å². The number of ether oxygens (including phenoxy) is 1. The molecule has 0 fully saturated rings. The molecule has 4 aromatic rings. The normalized spacial score (nSPS) is 11.7. The second-order valence-corrected chi connectivity index (χ2v) is 8.94. The molecule has 0 radical (unpaired) electrons. The summed E-state index contributed by atoms with van der Waals surface area (Å²) in [4.78, 5) is 17.4. The fraction of sp³-hybridized carbons (Fsp3) is 0.231. The highest BCUT2D eigenvalue weighted by molar-refractivity contribution is 6.30. The molecule has 0 spiro atoms. The lowest BCUT2D eigenvalue weighted by atomic mass is 10.0. The van der Waals surface area contributed by atoms with E-state index in [1.54, 1.807) is 38.1 Å². The van der Waals surface area contributed by atoms with Crippen molar-refractivity contribution < 1.29 is 13.9 Å². The van der Waals surface area contributed by atoms with Crippen LogP contribution in [0.5, 0.6) is 5.75 Å². The third-order valence-corrected chi connectivity index (χ3v) is 5.45. The van der Waals surface area contributed by atoms with Crippen LogP contribution in [0.2, 0.25) is 5.02 Å². The molecule has 0 aliphatic carbocycles. The third kappa shape index (κ3) is 4.78. The van der Waals surface area contributed by atoms with Crippen molar-refractivity contribution in [2.75, 3.05) is 5.32 Å². The molecule has 0 bridgehead atoms. The van der Waals surface area contributed by atoms with Gasteiger partial charge in [0.05, 0.1) is 0 Å². The zero-order chi connectivity index (χ0) is 22.9. The lowest BCUT2D eigenvalue weighted by molar-refractivity contribution is -0.128. The van der Waals surface area contributed by atoms with Gasteiger partial charge < -0.3 is 14.5 Å². The highest BCUT2D eigenvalue weighted by Crippen LogP contribution is 2.28. The van der Waals surface area contributed by atoms with Crippen molar-refractivity contribution in [1.29, 1.82) is 0 Å². The number of hydrogen-bond acceptors (Lipinski definition) is 4. The number of anilines is 1. The van der Waals surface area contributed by atoms with Crippen LogP contribution in [0.25, 0.3) is 22.6 Å². The maximum Gasteiger partial charge on any atom is 0.267 e. The molecule has 0 atom stereocenters. The molecule has 1 N–H and O–H groups in total. The fourth-order valence-electron chi connectivity index (χ4n) is 3.25. The van der Waals surface area contributed by atoms with E-state index in [4.69, 9.17) is 20.8 Å². The number of benzene rings is 3. The molecule has 0 aliphatic heterocycles. The quantitative estimate of drug-likeness (QED) is 0.342. The lowest BCUT2D eigenvalue weighted by Crippen LogP contribution is -2.42. The van der Waals surface area contributed by atoms with E-state index in [0.29, 0.717) is 28.3 Å². The summed E-state index contributed by atoms with van der Waals surface area (Å²) in [6, 6.07) is 20.4. The van der Waals surface area contributed by atoms with Crippen molar-refractivity contribution in [2.24, 2.45) is 0 Å². The smallest absolute Gasteiger partial charge is 0.267 e. The second kappa shape index (κ2) is 8.67. The van der Waals surface area contributed by atoms with Gasteiger partial charge in [-0.05, 0) is 86.0 Å². The summed E-state index contributed by atoms with van der Waals surface area (Å²) in [5.41, 5.74) is 3.24. The van der Waals surface area contributed by atoms with Crippen molar-refractivity contribution in [1.82, 2.24) is 4.98 Å². The second-order valence-electron chi connectivity index (χ2n) is 8.50. The Kier molecular flexibility index (Phi) is 5.94. The molecule has 1 aromatic heterocycles. The molecule has 6 heteroatoms. The molecule has 1 amide bonds. The van der Waals surface area contributed by atoms with E-state index in [-0.39, 0.29) is 5.91 Å². The van der Waals surface area contributed by atoms with Crippen LogP contribution >= 0.6 is 11.6 Å². The van der Waals surface area contributed by atoms with E-state index < -0.39 is 5.60 Å². The Morgan fingerprint density at radius 2 is 1.72 bits per heavy atom. The summed E-state index contributed by atoms with van der Waals surface area (Å²) in [6.07, 6.45) is 0. The van der Waals surface area contributed by atoms with Gasteiger partial charge in [0, 0.05) is 16.3 Å². The van der Waals surface area contributed by atoms with Crippen LogP contribution in [-0.4, -0.2) is 16.5 Å². The van der Waals surface area contributed by atoms with Gasteiger partial charge in [0.25, 0.3) is 5.91 Å². The van der Waals surface area contributed by atoms with Gasteiger partial charge >= 0.3 is 0 Å². The molecule has 164 valence electrons. The number of amides is 1. The van der Waals surface area contributed by atoms with E-state index in [1.807, 2.05) is 30.3 Å². The van der Waals surface area contributed by atoms with Crippen LogP contribution in [-0.2, 0) is 4.79 Å². The Morgan fingerprint density at radius 1 is 1.03 bits per heavy atom. The SMILES string of the molecule is CC(C)c1ccc2oc(-c3ccc(NC(=O)C(C)(C)Oc4ccc(Cl)cc4)cc3)nc2c1. The predicted octanol–water partition coefficient (Wildman–Crippen LogP) is 7.07. The number of oxazole rings is 1. The first-order valence-electron chi connectivity index (χ1n) is 10.5. The Hall–Kier alpha value is -3.31. The minimum atomic E-state index is -1.07. The van der Waals surface area contributed by atoms with Gasteiger partial charge in [-0.3, -0.25) is 4.79 Å². The molecule has 0 saturated carbocycles. The number of nitrogens with zero attached hydrogens (tertiary/aromatic N) is 1. The Bertz CT molecular complexity index is 1240. The van der Waals surface area contributed by atoms with E-state index in [9.17, 15) is 4.79 Å². The zero-order valence-electron chi connectivity index (χ0n) is 18.5. The standard InChI is InChI=1S/C26H25ClN2O3/c1-16(2)18-7-14-23-22(15-18)29-24(31-23)17-5-10-20(11-6-17)28-25(30)26(3,4)32-21-12-8-19(27)9-13-21/h5-16H,1-4H3,(H,28,30). The average Bonchev–Trinajstić information content (AvgIpc) is 3.19. The maximum absolute atomic E-state index is 12.8. The first kappa shape index (κ1) is 21.9. The van der Waals surface area contributed by atoms with Gasteiger partial charge in [0.2, 0.25) is 5.89 Å². The van der Waals surface area contributed by atoms with E-state index in [1.165, 1.54) is 5.56 Å². The summed E-state index contributed by atoms with van der Waals surface area (Å²) < 4.78 is 11.8. The van der Waals surface area contributed by atoms with Crippen molar-refractivity contribution in [3.05, 3.63) is 77.3 Å². The zero-order valence-corrected chi connectivity index (χ0v) is 19.2. The molecule has 5 nitrogen and oxygen atoms in total. The van der Waals surface area contributed by atoms with Crippen LogP contribution < -0.4 is 10.1 Å². The number of hydrogen-bond donors (Lipinski definition) is 1. The molecule has 0 saturated heterocycles. The van der Waals surface area contributed by atoms with E-state index >= 15 is 0 Å². The number of nitrogens with one attached hydrogen (secondary N) is 1. The van der Waals surface area contributed by atoms with E-state index in [0.717, 1.165) is 16.7 Å². The predicted molar refractivity (Wildman–Crippen MR) is 128 cm³/mol.